The molecule has 1 aliphatic rings. The summed E-state index contributed by atoms with van der Waals surface area (Å²) in [5.74, 6) is -0.256. The third kappa shape index (κ3) is 2.89. The van der Waals surface area contributed by atoms with Crippen molar-refractivity contribution in [3.05, 3.63) is 24.5 Å². The monoisotopic (exact) mass is 293 g/mol. The molecule has 2 amide bonds. The van der Waals surface area contributed by atoms with Gasteiger partial charge < -0.3 is 5.11 Å². The molecule has 0 spiro atoms. The van der Waals surface area contributed by atoms with Crippen LogP contribution < -0.4 is 5.43 Å². The van der Waals surface area contributed by atoms with Gasteiger partial charge in [-0.15, -0.1) is 0 Å². The molecule has 1 saturated carbocycles. The number of amides is 2. The molecular formula is C15H23N3O3. The Balaban J connectivity index is 2.35. The summed E-state index contributed by atoms with van der Waals surface area (Å²) in [5.41, 5.74) is 1.16. The highest BCUT2D eigenvalue weighted by Crippen LogP contribution is 2.39. The van der Waals surface area contributed by atoms with Crippen molar-refractivity contribution < 1.29 is 14.7 Å². The maximum Gasteiger partial charge on any atom is 0.408 e. The topological polar surface area (TPSA) is 74.6 Å². The molecule has 1 fully saturated rings. The van der Waals surface area contributed by atoms with Crippen LogP contribution in [0.15, 0.2) is 24.5 Å². The highest BCUT2D eigenvalue weighted by molar-refractivity contribution is 5.95. The molecule has 0 atom stereocenters. The molecule has 2 N–H and O–H groups in total. The number of carbonyl (C=O) groups excluding carboxylic acids is 1. The smallest absolute Gasteiger partial charge is 0.408 e. The van der Waals surface area contributed by atoms with Crippen molar-refractivity contribution in [3.63, 3.8) is 0 Å². The van der Waals surface area contributed by atoms with Crippen LogP contribution in [0.1, 0.15) is 46.5 Å². The summed E-state index contributed by atoms with van der Waals surface area (Å²) in [7, 11) is 0. The average molecular weight is 293 g/mol. The van der Waals surface area contributed by atoms with Crippen LogP contribution in [0.3, 0.4) is 0 Å². The van der Waals surface area contributed by atoms with Crippen molar-refractivity contribution >= 4 is 12.0 Å². The van der Waals surface area contributed by atoms with E-state index in [-0.39, 0.29) is 5.91 Å². The van der Waals surface area contributed by atoms with Crippen LogP contribution in [0.25, 0.3) is 0 Å². The van der Waals surface area contributed by atoms with Gasteiger partial charge in [-0.3, -0.25) is 19.8 Å². The number of aromatic nitrogens is 1. The molecule has 1 aromatic rings. The number of nitrogens with one attached hydrogen (secondary N) is 1. The lowest BCUT2D eigenvalue weighted by atomic mass is 9.89. The van der Waals surface area contributed by atoms with Gasteiger partial charge in [-0.2, -0.15) is 0 Å². The van der Waals surface area contributed by atoms with Crippen LogP contribution in [-0.2, 0) is 4.79 Å². The SMILES string of the molecule is CC(C)(C)N(C(=O)O)C1(C(=O)Nn2cccc2)CCCC1. The summed E-state index contributed by atoms with van der Waals surface area (Å²) >= 11 is 0. The van der Waals surface area contributed by atoms with Crippen LogP contribution in [0.4, 0.5) is 4.79 Å². The van der Waals surface area contributed by atoms with Crippen LogP contribution in [-0.4, -0.2) is 37.8 Å². The quantitative estimate of drug-likeness (QED) is 0.899. The van der Waals surface area contributed by atoms with E-state index in [9.17, 15) is 14.7 Å². The Morgan fingerprint density at radius 3 is 2.14 bits per heavy atom. The lowest BCUT2D eigenvalue weighted by Gasteiger charge is -2.45. The molecule has 0 bridgehead atoms. The molecule has 0 unspecified atom stereocenters. The van der Waals surface area contributed by atoms with Crippen LogP contribution >= 0.6 is 0 Å². The molecular weight excluding hydrogens is 270 g/mol. The van der Waals surface area contributed by atoms with E-state index in [0.29, 0.717) is 12.8 Å². The lowest BCUT2D eigenvalue weighted by Crippen LogP contribution is -2.64. The molecule has 0 radical (unpaired) electrons. The number of carbonyl (C=O) groups is 2. The van der Waals surface area contributed by atoms with Crippen molar-refractivity contribution in [1.29, 1.82) is 0 Å². The zero-order valence-corrected chi connectivity index (χ0v) is 12.8. The molecule has 21 heavy (non-hydrogen) atoms. The van der Waals surface area contributed by atoms with E-state index in [0.717, 1.165) is 12.8 Å². The van der Waals surface area contributed by atoms with Gasteiger partial charge in [0.25, 0.3) is 5.91 Å². The van der Waals surface area contributed by atoms with Crippen molar-refractivity contribution in [2.75, 3.05) is 5.43 Å². The Hall–Kier alpha value is -1.98. The molecule has 1 aromatic heterocycles. The van der Waals surface area contributed by atoms with Crippen LogP contribution in [0.5, 0.6) is 0 Å². The predicted molar refractivity (Wildman–Crippen MR) is 79.6 cm³/mol. The van der Waals surface area contributed by atoms with E-state index < -0.39 is 17.2 Å². The Morgan fingerprint density at radius 2 is 1.71 bits per heavy atom. The Kier molecular flexibility index (Phi) is 3.98. The van der Waals surface area contributed by atoms with Gasteiger partial charge in [-0.05, 0) is 45.7 Å². The summed E-state index contributed by atoms with van der Waals surface area (Å²) in [4.78, 5) is 25.9. The van der Waals surface area contributed by atoms with Crippen molar-refractivity contribution in [2.45, 2.75) is 57.5 Å². The molecule has 6 nitrogen and oxygen atoms in total. The van der Waals surface area contributed by atoms with Gasteiger partial charge in [0.15, 0.2) is 0 Å². The number of nitrogens with zero attached hydrogens (tertiary/aromatic N) is 2. The van der Waals surface area contributed by atoms with Crippen molar-refractivity contribution in [3.8, 4) is 0 Å². The van der Waals surface area contributed by atoms with Gasteiger partial charge in [0.05, 0.1) is 0 Å². The van der Waals surface area contributed by atoms with E-state index in [1.54, 1.807) is 29.2 Å². The first-order valence-electron chi connectivity index (χ1n) is 7.25. The van der Waals surface area contributed by atoms with Crippen LogP contribution in [0.2, 0.25) is 0 Å². The zero-order chi connectivity index (χ0) is 15.7. The van der Waals surface area contributed by atoms with Gasteiger partial charge in [-0.25, -0.2) is 4.79 Å². The predicted octanol–water partition coefficient (Wildman–Crippen LogP) is 2.65. The van der Waals surface area contributed by atoms with Gasteiger partial charge in [0, 0.05) is 17.9 Å². The van der Waals surface area contributed by atoms with E-state index in [2.05, 4.69) is 5.43 Å². The van der Waals surface area contributed by atoms with E-state index in [1.165, 1.54) is 4.90 Å². The molecule has 0 saturated heterocycles. The van der Waals surface area contributed by atoms with E-state index in [1.807, 2.05) is 20.8 Å². The Bertz CT molecular complexity index is 511. The fourth-order valence-corrected chi connectivity index (χ4v) is 3.25. The third-order valence-electron chi connectivity index (χ3n) is 3.98. The second-order valence-electron chi connectivity index (χ2n) is 6.56. The number of rotatable bonds is 3. The summed E-state index contributed by atoms with van der Waals surface area (Å²) < 4.78 is 1.56. The highest BCUT2D eigenvalue weighted by Gasteiger charge is 2.52. The van der Waals surface area contributed by atoms with Gasteiger partial charge in [0.1, 0.15) is 5.54 Å². The summed E-state index contributed by atoms with van der Waals surface area (Å²) in [5, 5.41) is 9.65. The van der Waals surface area contributed by atoms with E-state index in [4.69, 9.17) is 0 Å². The number of hydrogen-bond acceptors (Lipinski definition) is 2. The fourth-order valence-electron chi connectivity index (χ4n) is 3.25. The first-order chi connectivity index (χ1) is 9.77. The molecule has 6 heteroatoms. The first kappa shape index (κ1) is 15.4. The second kappa shape index (κ2) is 5.42. The molecule has 2 rings (SSSR count). The summed E-state index contributed by atoms with van der Waals surface area (Å²) in [6, 6.07) is 3.61. The lowest BCUT2D eigenvalue weighted by molar-refractivity contribution is -0.131. The van der Waals surface area contributed by atoms with Crippen LogP contribution in [0, 0.1) is 0 Å². The minimum Gasteiger partial charge on any atom is -0.465 e. The Labute approximate surface area is 124 Å². The molecule has 0 aliphatic heterocycles. The fraction of sp³-hybridized carbons (Fsp3) is 0.600. The molecule has 1 heterocycles. The van der Waals surface area contributed by atoms with Gasteiger partial charge in [-0.1, -0.05) is 12.8 Å². The van der Waals surface area contributed by atoms with Gasteiger partial charge in [0.2, 0.25) is 0 Å². The highest BCUT2D eigenvalue weighted by atomic mass is 16.4. The zero-order valence-electron chi connectivity index (χ0n) is 12.8. The van der Waals surface area contributed by atoms with Crippen molar-refractivity contribution in [2.24, 2.45) is 0 Å². The summed E-state index contributed by atoms with van der Waals surface area (Å²) in [6.45, 7) is 5.47. The minimum absolute atomic E-state index is 0.256. The normalized spacial score (nSPS) is 17.5. The minimum atomic E-state index is -1.05. The van der Waals surface area contributed by atoms with Gasteiger partial charge >= 0.3 is 6.09 Å². The maximum atomic E-state index is 12.8. The Morgan fingerprint density at radius 1 is 1.19 bits per heavy atom. The largest absolute Gasteiger partial charge is 0.465 e. The standard InChI is InChI=1S/C15H23N3O3/c1-14(2,3)18(13(20)21)15(8-4-5-9-15)12(19)16-17-10-6-7-11-17/h6-7,10-11H,4-5,8-9H2,1-3H3,(H,16,19)(H,20,21). The third-order valence-corrected chi connectivity index (χ3v) is 3.98. The number of hydrogen-bond donors (Lipinski definition) is 2. The summed E-state index contributed by atoms with van der Waals surface area (Å²) in [6.07, 6.45) is 5.24. The second-order valence-corrected chi connectivity index (χ2v) is 6.56. The van der Waals surface area contributed by atoms with E-state index >= 15 is 0 Å². The molecule has 116 valence electrons. The molecule has 1 aliphatic carbocycles. The molecule has 0 aromatic carbocycles. The average Bonchev–Trinajstić information content (AvgIpc) is 2.98. The maximum absolute atomic E-state index is 12.8. The first-order valence-corrected chi connectivity index (χ1v) is 7.25. The van der Waals surface area contributed by atoms with Crippen molar-refractivity contribution in [1.82, 2.24) is 9.58 Å². The number of carboxylic acid groups (broad SMARTS) is 1.